The van der Waals surface area contributed by atoms with Crippen LogP contribution in [0.15, 0.2) is 77.3 Å². The second-order valence-electron chi connectivity index (χ2n) is 8.92. The normalized spacial score (nSPS) is 13.1. The predicted octanol–water partition coefficient (Wildman–Crippen LogP) is 5.26. The molecule has 0 radical (unpaired) electrons. The lowest BCUT2D eigenvalue weighted by molar-refractivity contribution is -0.384. The van der Waals surface area contributed by atoms with Crippen molar-refractivity contribution in [3.8, 4) is 0 Å². The third-order valence-electron chi connectivity index (χ3n) is 6.35. The van der Waals surface area contributed by atoms with Gasteiger partial charge in [0, 0.05) is 59.3 Å². The SMILES string of the molecule is O=C(COC(=O)c1c2c(nc3ccccc13)CCN(Cc1ccccc1)C2)Nc1ccc([N+](=O)[O-])cc1Br. The number of nitro benzene ring substituents is 1. The summed E-state index contributed by atoms with van der Waals surface area (Å²) >= 11 is 3.22. The molecule has 10 heteroatoms. The van der Waals surface area contributed by atoms with Gasteiger partial charge in [-0.15, -0.1) is 0 Å². The zero-order chi connectivity index (χ0) is 26.6. The second kappa shape index (κ2) is 11.1. The van der Waals surface area contributed by atoms with Crippen LogP contribution in [0.25, 0.3) is 10.9 Å². The van der Waals surface area contributed by atoms with Gasteiger partial charge < -0.3 is 10.1 Å². The van der Waals surface area contributed by atoms with E-state index in [1.54, 1.807) is 0 Å². The van der Waals surface area contributed by atoms with E-state index in [4.69, 9.17) is 9.72 Å². The van der Waals surface area contributed by atoms with Gasteiger partial charge in [-0.3, -0.25) is 24.8 Å². The number of nitrogens with one attached hydrogen (secondary N) is 1. The maximum Gasteiger partial charge on any atom is 0.339 e. The number of aromatic nitrogens is 1. The molecule has 1 aliphatic rings. The van der Waals surface area contributed by atoms with E-state index in [2.05, 4.69) is 38.3 Å². The highest BCUT2D eigenvalue weighted by Crippen LogP contribution is 2.30. The predicted molar refractivity (Wildman–Crippen MR) is 146 cm³/mol. The maximum atomic E-state index is 13.4. The number of nitro groups is 1. The van der Waals surface area contributed by atoms with Crippen LogP contribution in [0.3, 0.4) is 0 Å². The summed E-state index contributed by atoms with van der Waals surface area (Å²) in [5.41, 5.74) is 4.20. The van der Waals surface area contributed by atoms with Crippen molar-refractivity contribution in [3.05, 3.63) is 110 Å². The first-order valence-corrected chi connectivity index (χ1v) is 12.8. The molecule has 0 unspecified atom stereocenters. The Hall–Kier alpha value is -4.15. The molecule has 192 valence electrons. The summed E-state index contributed by atoms with van der Waals surface area (Å²) in [7, 11) is 0. The molecule has 4 aromatic rings. The van der Waals surface area contributed by atoms with Crippen LogP contribution in [0.1, 0.15) is 27.2 Å². The van der Waals surface area contributed by atoms with E-state index in [1.165, 1.54) is 23.8 Å². The number of fused-ring (bicyclic) bond motifs is 2. The Morgan fingerprint density at radius 2 is 1.84 bits per heavy atom. The van der Waals surface area contributed by atoms with Gasteiger partial charge >= 0.3 is 5.97 Å². The Balaban J connectivity index is 1.35. The summed E-state index contributed by atoms with van der Waals surface area (Å²) in [6.45, 7) is 1.58. The molecule has 1 aromatic heterocycles. The van der Waals surface area contributed by atoms with Crippen LogP contribution in [0, 0.1) is 10.1 Å². The van der Waals surface area contributed by atoms with Crippen molar-refractivity contribution in [3.63, 3.8) is 0 Å². The highest BCUT2D eigenvalue weighted by atomic mass is 79.9. The summed E-state index contributed by atoms with van der Waals surface area (Å²) in [5, 5.41) is 14.2. The monoisotopic (exact) mass is 574 g/mol. The van der Waals surface area contributed by atoms with Crippen LogP contribution in [0.4, 0.5) is 11.4 Å². The van der Waals surface area contributed by atoms with E-state index < -0.39 is 23.4 Å². The molecular weight excluding hydrogens is 552 g/mol. The fourth-order valence-corrected chi connectivity index (χ4v) is 5.03. The van der Waals surface area contributed by atoms with Gasteiger partial charge in [-0.1, -0.05) is 48.5 Å². The average molecular weight is 575 g/mol. The second-order valence-corrected chi connectivity index (χ2v) is 9.78. The molecule has 1 aliphatic heterocycles. The number of hydrogen-bond acceptors (Lipinski definition) is 7. The molecule has 1 N–H and O–H groups in total. The van der Waals surface area contributed by atoms with Crippen molar-refractivity contribution >= 4 is 50.1 Å². The number of para-hydroxylation sites is 1. The van der Waals surface area contributed by atoms with E-state index in [0.29, 0.717) is 39.6 Å². The molecule has 0 fully saturated rings. The number of nitrogens with zero attached hydrogens (tertiary/aromatic N) is 3. The Morgan fingerprint density at radius 1 is 1.08 bits per heavy atom. The lowest BCUT2D eigenvalue weighted by Gasteiger charge is -2.30. The third kappa shape index (κ3) is 5.56. The molecule has 0 saturated carbocycles. The van der Waals surface area contributed by atoms with E-state index in [1.807, 2.05) is 42.5 Å². The molecule has 0 spiro atoms. The van der Waals surface area contributed by atoms with Crippen LogP contribution < -0.4 is 5.32 Å². The summed E-state index contributed by atoms with van der Waals surface area (Å²) < 4.78 is 5.82. The van der Waals surface area contributed by atoms with Gasteiger partial charge in [0.25, 0.3) is 11.6 Å². The fourth-order valence-electron chi connectivity index (χ4n) is 4.56. The summed E-state index contributed by atoms with van der Waals surface area (Å²) in [5.74, 6) is -1.16. The molecule has 5 rings (SSSR count). The number of rotatable bonds is 7. The number of hydrogen-bond donors (Lipinski definition) is 1. The van der Waals surface area contributed by atoms with Crippen molar-refractivity contribution in [1.82, 2.24) is 9.88 Å². The van der Waals surface area contributed by atoms with Gasteiger partial charge in [0.15, 0.2) is 6.61 Å². The van der Waals surface area contributed by atoms with Crippen molar-refractivity contribution in [2.24, 2.45) is 0 Å². The number of carbonyl (C=O) groups excluding carboxylic acids is 2. The number of benzene rings is 3. The molecule has 0 aliphatic carbocycles. The Bertz CT molecular complexity index is 1540. The topological polar surface area (TPSA) is 115 Å². The van der Waals surface area contributed by atoms with Crippen molar-refractivity contribution < 1.29 is 19.2 Å². The first kappa shape index (κ1) is 25.5. The lowest BCUT2D eigenvalue weighted by atomic mass is 9.95. The number of anilines is 1. The van der Waals surface area contributed by atoms with Crippen molar-refractivity contribution in [2.45, 2.75) is 19.5 Å². The highest BCUT2D eigenvalue weighted by molar-refractivity contribution is 9.10. The van der Waals surface area contributed by atoms with Crippen LogP contribution in [-0.2, 0) is 29.0 Å². The Morgan fingerprint density at radius 3 is 2.61 bits per heavy atom. The smallest absolute Gasteiger partial charge is 0.339 e. The van der Waals surface area contributed by atoms with Gasteiger partial charge in [-0.2, -0.15) is 0 Å². The number of carbonyl (C=O) groups is 2. The third-order valence-corrected chi connectivity index (χ3v) is 7.01. The van der Waals surface area contributed by atoms with E-state index >= 15 is 0 Å². The minimum atomic E-state index is -0.598. The van der Waals surface area contributed by atoms with Gasteiger partial charge in [0.1, 0.15) is 0 Å². The number of non-ortho nitro benzene ring substituents is 1. The molecule has 3 aromatic carbocycles. The maximum absolute atomic E-state index is 13.4. The quantitative estimate of drug-likeness (QED) is 0.182. The average Bonchev–Trinajstić information content (AvgIpc) is 2.92. The van der Waals surface area contributed by atoms with E-state index in [9.17, 15) is 19.7 Å². The first-order chi connectivity index (χ1) is 18.4. The molecule has 0 atom stereocenters. The van der Waals surface area contributed by atoms with Crippen molar-refractivity contribution in [1.29, 1.82) is 0 Å². The van der Waals surface area contributed by atoms with Crippen LogP contribution in [0.2, 0.25) is 0 Å². The highest BCUT2D eigenvalue weighted by Gasteiger charge is 2.27. The fraction of sp³-hybridized carbons (Fsp3) is 0.179. The number of ether oxygens (including phenoxy) is 1. The molecule has 2 heterocycles. The molecule has 38 heavy (non-hydrogen) atoms. The molecule has 0 bridgehead atoms. The molecular formula is C28H23BrN4O5. The number of pyridine rings is 1. The van der Waals surface area contributed by atoms with Crippen LogP contribution in [-0.4, -0.2) is 39.8 Å². The molecule has 9 nitrogen and oxygen atoms in total. The molecule has 0 saturated heterocycles. The summed E-state index contributed by atoms with van der Waals surface area (Å²) in [6, 6.07) is 21.5. The van der Waals surface area contributed by atoms with Gasteiger partial charge in [0.2, 0.25) is 0 Å². The largest absolute Gasteiger partial charge is 0.452 e. The zero-order valence-corrected chi connectivity index (χ0v) is 21.8. The standard InChI is InChI=1S/C28H23BrN4O5/c29-22-14-19(33(36)37)10-11-25(22)31-26(34)17-38-28(35)27-20-8-4-5-9-23(20)30-24-12-13-32(16-21(24)27)15-18-6-2-1-3-7-18/h1-11,14H,12-13,15-17H2,(H,31,34). The first-order valence-electron chi connectivity index (χ1n) is 12.0. The van der Waals surface area contributed by atoms with Crippen LogP contribution >= 0.6 is 15.9 Å². The van der Waals surface area contributed by atoms with Crippen LogP contribution in [0.5, 0.6) is 0 Å². The minimum absolute atomic E-state index is 0.114. The number of esters is 1. The Kier molecular flexibility index (Phi) is 7.43. The number of amides is 1. The Labute approximate surface area is 226 Å². The van der Waals surface area contributed by atoms with E-state index in [-0.39, 0.29) is 5.69 Å². The van der Waals surface area contributed by atoms with Gasteiger partial charge in [-0.25, -0.2) is 4.79 Å². The summed E-state index contributed by atoms with van der Waals surface area (Å²) in [6.07, 6.45) is 0.696. The van der Waals surface area contributed by atoms with Gasteiger partial charge in [-0.05, 0) is 33.6 Å². The zero-order valence-electron chi connectivity index (χ0n) is 20.2. The number of halogens is 1. The minimum Gasteiger partial charge on any atom is -0.452 e. The van der Waals surface area contributed by atoms with E-state index in [0.717, 1.165) is 24.3 Å². The van der Waals surface area contributed by atoms with Gasteiger partial charge in [0.05, 0.1) is 21.7 Å². The lowest BCUT2D eigenvalue weighted by Crippen LogP contribution is -2.32. The molecule has 1 amide bonds. The summed E-state index contributed by atoms with van der Waals surface area (Å²) in [4.78, 5) is 43.5. The van der Waals surface area contributed by atoms with Crippen molar-refractivity contribution in [2.75, 3.05) is 18.5 Å².